The number of hydrogen-bond acceptors (Lipinski definition) is 2. The topological polar surface area (TPSA) is 43.1 Å². The van der Waals surface area contributed by atoms with Crippen LogP contribution in [0.25, 0.3) is 0 Å². The quantitative estimate of drug-likeness (QED) is 0.585. The minimum Gasteiger partial charge on any atom is -0.398 e. The Hall–Kier alpha value is -1.02. The molecule has 0 spiro atoms. The lowest BCUT2D eigenvalue weighted by molar-refractivity contribution is 0.101. The molecule has 0 heterocycles. The van der Waals surface area contributed by atoms with Gasteiger partial charge in [0.05, 0.1) is 0 Å². The molecule has 0 unspecified atom stereocenters. The van der Waals surface area contributed by atoms with Crippen molar-refractivity contribution in [2.45, 2.75) is 20.3 Å². The zero-order chi connectivity index (χ0) is 10.0. The lowest BCUT2D eigenvalue weighted by atomic mass is 10.0. The third kappa shape index (κ3) is 2.01. The second-order valence-electron chi connectivity index (χ2n) is 2.94. The predicted octanol–water partition coefficient (Wildman–Crippen LogP) is 2.69. The first-order valence-corrected chi connectivity index (χ1v) is 4.53. The van der Waals surface area contributed by atoms with E-state index in [1.165, 1.54) is 6.92 Å². The number of halogens is 1. The molecule has 2 N–H and O–H groups in total. The molecule has 3 heteroatoms. The van der Waals surface area contributed by atoms with Gasteiger partial charge < -0.3 is 5.73 Å². The maximum atomic E-state index is 11.1. The number of aryl methyl sites for hydroxylation is 1. The molecule has 13 heavy (non-hydrogen) atoms. The Balaban J connectivity index is 3.30. The molecule has 0 radical (unpaired) electrons. The summed E-state index contributed by atoms with van der Waals surface area (Å²) in [5.41, 5.74) is 7.61. The summed E-state index contributed by atoms with van der Waals surface area (Å²) >= 11 is 5.92. The molecule has 0 amide bonds. The largest absolute Gasteiger partial charge is 0.398 e. The smallest absolute Gasteiger partial charge is 0.161 e. The van der Waals surface area contributed by atoms with E-state index in [-0.39, 0.29) is 5.78 Å². The van der Waals surface area contributed by atoms with Crippen LogP contribution in [0, 0.1) is 0 Å². The zero-order valence-corrected chi connectivity index (χ0v) is 8.48. The molecule has 1 aromatic carbocycles. The summed E-state index contributed by atoms with van der Waals surface area (Å²) < 4.78 is 0. The van der Waals surface area contributed by atoms with Crippen LogP contribution in [0.4, 0.5) is 5.69 Å². The highest BCUT2D eigenvalue weighted by atomic mass is 35.5. The van der Waals surface area contributed by atoms with E-state index in [9.17, 15) is 4.79 Å². The van der Waals surface area contributed by atoms with Crippen molar-refractivity contribution in [3.05, 3.63) is 28.3 Å². The Labute approximate surface area is 82.7 Å². The van der Waals surface area contributed by atoms with Crippen LogP contribution in [-0.4, -0.2) is 5.78 Å². The molecule has 70 valence electrons. The summed E-state index contributed by atoms with van der Waals surface area (Å²) in [4.78, 5) is 11.1. The molecule has 0 atom stereocenters. The van der Waals surface area contributed by atoms with Crippen LogP contribution in [0.1, 0.15) is 29.8 Å². The fourth-order valence-corrected chi connectivity index (χ4v) is 1.52. The van der Waals surface area contributed by atoms with Gasteiger partial charge in [0.25, 0.3) is 0 Å². The standard InChI is InChI=1S/C10H12ClNO/c1-3-7-4-8(6(2)13)10(12)5-9(7)11/h4-5H,3,12H2,1-2H3. The van der Waals surface area contributed by atoms with Crippen LogP contribution < -0.4 is 5.73 Å². The number of hydrogen-bond donors (Lipinski definition) is 1. The first-order valence-electron chi connectivity index (χ1n) is 4.15. The Morgan fingerprint density at radius 2 is 2.15 bits per heavy atom. The van der Waals surface area contributed by atoms with E-state index in [0.29, 0.717) is 16.3 Å². The van der Waals surface area contributed by atoms with Crippen LogP contribution in [0.5, 0.6) is 0 Å². The number of carbonyl (C=O) groups is 1. The van der Waals surface area contributed by atoms with Crippen LogP contribution in [-0.2, 0) is 6.42 Å². The van der Waals surface area contributed by atoms with Gasteiger partial charge in [-0.05, 0) is 31.0 Å². The molecule has 0 aromatic heterocycles. The lowest BCUT2D eigenvalue weighted by Gasteiger charge is -2.06. The highest BCUT2D eigenvalue weighted by molar-refractivity contribution is 6.31. The van der Waals surface area contributed by atoms with Crippen LogP contribution in [0.15, 0.2) is 12.1 Å². The zero-order valence-electron chi connectivity index (χ0n) is 7.73. The van der Waals surface area contributed by atoms with Crippen molar-refractivity contribution in [3.8, 4) is 0 Å². The fourth-order valence-electron chi connectivity index (χ4n) is 1.21. The number of rotatable bonds is 2. The van der Waals surface area contributed by atoms with Gasteiger partial charge in [0.15, 0.2) is 5.78 Å². The van der Waals surface area contributed by atoms with E-state index in [2.05, 4.69) is 0 Å². The molecule has 0 saturated carbocycles. The maximum Gasteiger partial charge on any atom is 0.161 e. The van der Waals surface area contributed by atoms with E-state index in [4.69, 9.17) is 17.3 Å². The van der Waals surface area contributed by atoms with Crippen molar-refractivity contribution in [2.24, 2.45) is 0 Å². The summed E-state index contributed by atoms with van der Waals surface area (Å²) in [6.07, 6.45) is 0.805. The van der Waals surface area contributed by atoms with Gasteiger partial charge in [-0.15, -0.1) is 0 Å². The van der Waals surface area contributed by atoms with Gasteiger partial charge in [0.2, 0.25) is 0 Å². The number of benzene rings is 1. The molecule has 1 aromatic rings. The van der Waals surface area contributed by atoms with Crippen molar-refractivity contribution < 1.29 is 4.79 Å². The highest BCUT2D eigenvalue weighted by Crippen LogP contribution is 2.24. The second-order valence-corrected chi connectivity index (χ2v) is 3.35. The normalized spacial score (nSPS) is 10.1. The number of nitrogens with two attached hydrogens (primary N) is 1. The molecule has 0 aliphatic carbocycles. The lowest BCUT2D eigenvalue weighted by Crippen LogP contribution is -2.01. The molecular weight excluding hydrogens is 186 g/mol. The highest BCUT2D eigenvalue weighted by Gasteiger charge is 2.08. The van der Waals surface area contributed by atoms with Gasteiger partial charge in [-0.3, -0.25) is 4.79 Å². The minimum atomic E-state index is -0.0242. The Morgan fingerprint density at radius 1 is 1.54 bits per heavy atom. The summed E-state index contributed by atoms with van der Waals surface area (Å²) in [7, 11) is 0. The fraction of sp³-hybridized carbons (Fsp3) is 0.300. The van der Waals surface area contributed by atoms with Crippen LogP contribution in [0.3, 0.4) is 0 Å². The molecule has 0 fully saturated rings. The third-order valence-corrected chi connectivity index (χ3v) is 2.33. The molecule has 0 aliphatic rings. The Kier molecular flexibility index (Phi) is 2.94. The van der Waals surface area contributed by atoms with Gasteiger partial charge in [0.1, 0.15) is 0 Å². The average molecular weight is 198 g/mol. The first kappa shape index (κ1) is 10.1. The van der Waals surface area contributed by atoms with Gasteiger partial charge in [-0.25, -0.2) is 0 Å². The number of Topliss-reactive ketones (excluding diaryl/α,β-unsaturated/α-hetero) is 1. The molecule has 0 saturated heterocycles. The van der Waals surface area contributed by atoms with Crippen LogP contribution in [0.2, 0.25) is 5.02 Å². The summed E-state index contributed by atoms with van der Waals surface area (Å²) in [5, 5.41) is 0.630. The van der Waals surface area contributed by atoms with Crippen molar-refractivity contribution in [1.82, 2.24) is 0 Å². The summed E-state index contributed by atoms with van der Waals surface area (Å²) in [5.74, 6) is -0.0242. The van der Waals surface area contributed by atoms with Gasteiger partial charge >= 0.3 is 0 Å². The van der Waals surface area contributed by atoms with Crippen molar-refractivity contribution in [2.75, 3.05) is 5.73 Å². The van der Waals surface area contributed by atoms with E-state index in [1.54, 1.807) is 12.1 Å². The molecule has 1 rings (SSSR count). The van der Waals surface area contributed by atoms with Crippen LogP contribution >= 0.6 is 11.6 Å². The number of anilines is 1. The van der Waals surface area contributed by atoms with Gasteiger partial charge in [-0.1, -0.05) is 18.5 Å². The molecule has 0 bridgehead atoms. The minimum absolute atomic E-state index is 0.0242. The number of ketones is 1. The Bertz CT molecular complexity index is 347. The number of carbonyl (C=O) groups excluding carboxylic acids is 1. The summed E-state index contributed by atoms with van der Waals surface area (Å²) in [6.45, 7) is 3.49. The monoisotopic (exact) mass is 197 g/mol. The second kappa shape index (κ2) is 3.79. The van der Waals surface area contributed by atoms with E-state index in [1.807, 2.05) is 6.92 Å². The van der Waals surface area contributed by atoms with Crippen molar-refractivity contribution in [3.63, 3.8) is 0 Å². The van der Waals surface area contributed by atoms with E-state index >= 15 is 0 Å². The van der Waals surface area contributed by atoms with Crippen molar-refractivity contribution >= 4 is 23.1 Å². The number of nitrogen functional groups attached to an aromatic ring is 1. The Morgan fingerprint density at radius 3 is 2.62 bits per heavy atom. The molecule has 0 aliphatic heterocycles. The SMILES string of the molecule is CCc1cc(C(C)=O)c(N)cc1Cl. The average Bonchev–Trinajstić information content (AvgIpc) is 2.03. The predicted molar refractivity (Wildman–Crippen MR) is 55.2 cm³/mol. The first-order chi connectivity index (χ1) is 6.06. The third-order valence-electron chi connectivity index (χ3n) is 1.98. The van der Waals surface area contributed by atoms with Gasteiger partial charge in [-0.2, -0.15) is 0 Å². The van der Waals surface area contributed by atoms with Gasteiger partial charge in [0, 0.05) is 16.3 Å². The van der Waals surface area contributed by atoms with E-state index in [0.717, 1.165) is 12.0 Å². The molecular formula is C10H12ClNO. The molecule has 2 nitrogen and oxygen atoms in total. The summed E-state index contributed by atoms with van der Waals surface area (Å²) in [6, 6.07) is 3.40. The van der Waals surface area contributed by atoms with Crippen molar-refractivity contribution in [1.29, 1.82) is 0 Å². The van der Waals surface area contributed by atoms with E-state index < -0.39 is 0 Å². The maximum absolute atomic E-state index is 11.1.